The highest BCUT2D eigenvalue weighted by Gasteiger charge is 2.46. The van der Waals surface area contributed by atoms with Crippen LogP contribution in [0, 0.1) is 0 Å². The van der Waals surface area contributed by atoms with Gasteiger partial charge in [0.2, 0.25) is 0 Å². The lowest BCUT2D eigenvalue weighted by Gasteiger charge is -2.38. The van der Waals surface area contributed by atoms with Gasteiger partial charge in [-0.2, -0.15) is 0 Å². The summed E-state index contributed by atoms with van der Waals surface area (Å²) in [6.45, 7) is 1.11. The standard InChI is InChI=1S/C18H18N4O3/c23-16-12-2-1-7-19-15(12)18(20-16)5-8-22(9-6-18)17(24)13-10-14(25-21-13)11-3-4-11/h1-2,7,10-11H,3-6,8-9H2,(H,20,23). The van der Waals surface area contributed by atoms with Crippen molar-refractivity contribution in [1.82, 2.24) is 20.4 Å². The van der Waals surface area contributed by atoms with E-state index in [9.17, 15) is 9.59 Å². The minimum Gasteiger partial charge on any atom is -0.360 e. The van der Waals surface area contributed by atoms with E-state index in [1.807, 2.05) is 0 Å². The molecule has 1 N–H and O–H groups in total. The molecule has 0 aromatic carbocycles. The minimum absolute atomic E-state index is 0.0755. The van der Waals surface area contributed by atoms with Gasteiger partial charge in [0.1, 0.15) is 5.76 Å². The van der Waals surface area contributed by atoms with Crippen molar-refractivity contribution < 1.29 is 14.1 Å². The zero-order valence-electron chi connectivity index (χ0n) is 13.7. The Morgan fingerprint density at radius 1 is 1.32 bits per heavy atom. The van der Waals surface area contributed by atoms with Gasteiger partial charge >= 0.3 is 0 Å². The van der Waals surface area contributed by atoms with E-state index in [1.165, 1.54) is 0 Å². The number of pyridine rings is 1. The number of carbonyl (C=O) groups is 2. The highest BCUT2D eigenvalue weighted by Crippen LogP contribution is 2.41. The molecule has 0 radical (unpaired) electrons. The number of hydrogen-bond acceptors (Lipinski definition) is 5. The lowest BCUT2D eigenvalue weighted by Crippen LogP contribution is -2.51. The summed E-state index contributed by atoms with van der Waals surface area (Å²) < 4.78 is 5.29. The van der Waals surface area contributed by atoms with Gasteiger partial charge in [0.25, 0.3) is 11.8 Å². The van der Waals surface area contributed by atoms with Crippen molar-refractivity contribution in [2.75, 3.05) is 13.1 Å². The molecule has 7 nitrogen and oxygen atoms in total. The third-order valence-electron chi connectivity index (χ3n) is 5.49. The average Bonchev–Trinajstić information content (AvgIpc) is 3.31. The molecule has 2 amide bonds. The van der Waals surface area contributed by atoms with Crippen LogP contribution in [0.1, 0.15) is 63.9 Å². The molecule has 2 aromatic heterocycles. The third kappa shape index (κ3) is 2.26. The average molecular weight is 338 g/mol. The van der Waals surface area contributed by atoms with Gasteiger partial charge in [-0.15, -0.1) is 0 Å². The Labute approximate surface area is 144 Å². The first-order valence-electron chi connectivity index (χ1n) is 8.70. The first kappa shape index (κ1) is 14.6. The summed E-state index contributed by atoms with van der Waals surface area (Å²) in [6.07, 6.45) is 5.25. The van der Waals surface area contributed by atoms with Gasteiger partial charge in [0.15, 0.2) is 5.69 Å². The van der Waals surface area contributed by atoms with Gasteiger partial charge in [-0.3, -0.25) is 14.6 Å². The number of nitrogens with zero attached hydrogens (tertiary/aromatic N) is 3. The SMILES string of the molecule is O=C1NC2(CCN(C(=O)c3cc(C4CC4)on3)CC2)c2ncccc21. The number of carbonyl (C=O) groups excluding carboxylic acids is 2. The summed E-state index contributed by atoms with van der Waals surface area (Å²) in [5.74, 6) is 1.08. The van der Waals surface area contributed by atoms with Gasteiger partial charge in [0, 0.05) is 31.3 Å². The Morgan fingerprint density at radius 2 is 2.12 bits per heavy atom. The number of aromatic nitrogens is 2. The molecule has 1 aliphatic carbocycles. The molecule has 1 saturated heterocycles. The van der Waals surface area contributed by atoms with Crippen molar-refractivity contribution in [2.45, 2.75) is 37.1 Å². The molecule has 1 spiro atoms. The molecule has 2 fully saturated rings. The topological polar surface area (TPSA) is 88.3 Å². The normalized spacial score (nSPS) is 21.3. The van der Waals surface area contributed by atoms with Crippen LogP contribution in [-0.2, 0) is 5.54 Å². The molecule has 128 valence electrons. The highest BCUT2D eigenvalue weighted by molar-refractivity contribution is 5.99. The molecule has 25 heavy (non-hydrogen) atoms. The van der Waals surface area contributed by atoms with E-state index < -0.39 is 5.54 Å². The minimum atomic E-state index is -0.451. The zero-order chi connectivity index (χ0) is 17.0. The van der Waals surface area contributed by atoms with Crippen LogP contribution in [-0.4, -0.2) is 39.9 Å². The summed E-state index contributed by atoms with van der Waals surface area (Å²) in [5.41, 5.74) is 1.39. The summed E-state index contributed by atoms with van der Waals surface area (Å²) in [4.78, 5) is 31.1. The summed E-state index contributed by atoms with van der Waals surface area (Å²) in [5, 5.41) is 7.03. The maximum atomic E-state index is 12.7. The van der Waals surface area contributed by atoms with Crippen molar-refractivity contribution in [3.63, 3.8) is 0 Å². The summed E-state index contributed by atoms with van der Waals surface area (Å²) >= 11 is 0. The van der Waals surface area contributed by atoms with Crippen molar-refractivity contribution in [2.24, 2.45) is 0 Å². The van der Waals surface area contributed by atoms with Crippen LogP contribution in [0.4, 0.5) is 0 Å². The quantitative estimate of drug-likeness (QED) is 0.902. The lowest BCUT2D eigenvalue weighted by atomic mass is 9.85. The largest absolute Gasteiger partial charge is 0.360 e. The summed E-state index contributed by atoms with van der Waals surface area (Å²) in [7, 11) is 0. The van der Waals surface area contributed by atoms with Crippen LogP contribution in [0.5, 0.6) is 0 Å². The van der Waals surface area contributed by atoms with Crippen molar-refractivity contribution in [3.05, 3.63) is 47.1 Å². The van der Waals surface area contributed by atoms with Gasteiger partial charge in [-0.1, -0.05) is 5.16 Å². The van der Waals surface area contributed by atoms with Crippen molar-refractivity contribution >= 4 is 11.8 Å². The Bertz CT molecular complexity index is 863. The number of hydrogen-bond donors (Lipinski definition) is 1. The number of rotatable bonds is 2. The number of fused-ring (bicyclic) bond motifs is 2. The second kappa shape index (κ2) is 5.15. The molecule has 4 heterocycles. The number of likely N-dealkylation sites (tertiary alicyclic amines) is 1. The zero-order valence-corrected chi connectivity index (χ0v) is 13.7. The molecule has 1 saturated carbocycles. The fraction of sp³-hybridized carbons (Fsp3) is 0.444. The molecular weight excluding hydrogens is 320 g/mol. The summed E-state index contributed by atoms with van der Waals surface area (Å²) in [6, 6.07) is 5.36. The third-order valence-corrected chi connectivity index (χ3v) is 5.49. The molecule has 0 unspecified atom stereocenters. The van der Waals surface area contributed by atoms with Crippen molar-refractivity contribution in [3.8, 4) is 0 Å². The van der Waals surface area contributed by atoms with Crippen LogP contribution in [0.25, 0.3) is 0 Å². The van der Waals surface area contributed by atoms with Gasteiger partial charge in [-0.05, 0) is 37.8 Å². The maximum Gasteiger partial charge on any atom is 0.276 e. The Balaban J connectivity index is 1.33. The smallest absolute Gasteiger partial charge is 0.276 e. The predicted octanol–water partition coefficient (Wildman–Crippen LogP) is 1.82. The first-order chi connectivity index (χ1) is 12.2. The van der Waals surface area contributed by atoms with E-state index in [0.29, 0.717) is 43.1 Å². The maximum absolute atomic E-state index is 12.7. The molecule has 7 heteroatoms. The fourth-order valence-electron chi connectivity index (χ4n) is 3.88. The van der Waals surface area contributed by atoms with E-state index in [2.05, 4.69) is 15.5 Å². The molecule has 3 aliphatic rings. The van der Waals surface area contributed by atoms with Crippen LogP contribution < -0.4 is 5.32 Å². The molecule has 0 atom stereocenters. The molecule has 2 aromatic rings. The van der Waals surface area contributed by atoms with E-state index in [-0.39, 0.29) is 11.8 Å². The van der Waals surface area contributed by atoms with Gasteiger partial charge in [0.05, 0.1) is 16.8 Å². The van der Waals surface area contributed by atoms with E-state index in [0.717, 1.165) is 24.3 Å². The van der Waals surface area contributed by atoms with E-state index in [1.54, 1.807) is 29.3 Å². The van der Waals surface area contributed by atoms with Crippen LogP contribution >= 0.6 is 0 Å². The Hall–Kier alpha value is -2.70. The molecule has 0 bridgehead atoms. The number of amides is 2. The van der Waals surface area contributed by atoms with Gasteiger partial charge in [-0.25, -0.2) is 0 Å². The van der Waals surface area contributed by atoms with Crippen LogP contribution in [0.15, 0.2) is 28.9 Å². The predicted molar refractivity (Wildman–Crippen MR) is 87.0 cm³/mol. The second-order valence-electron chi connectivity index (χ2n) is 7.12. The van der Waals surface area contributed by atoms with Crippen LogP contribution in [0.3, 0.4) is 0 Å². The Morgan fingerprint density at radius 3 is 2.88 bits per heavy atom. The molecule has 5 rings (SSSR count). The van der Waals surface area contributed by atoms with E-state index >= 15 is 0 Å². The monoisotopic (exact) mass is 338 g/mol. The lowest BCUT2D eigenvalue weighted by molar-refractivity contribution is 0.0623. The molecule has 2 aliphatic heterocycles. The van der Waals surface area contributed by atoms with Crippen molar-refractivity contribution in [1.29, 1.82) is 0 Å². The first-order valence-corrected chi connectivity index (χ1v) is 8.70. The second-order valence-corrected chi connectivity index (χ2v) is 7.12. The number of piperidine rings is 1. The van der Waals surface area contributed by atoms with Crippen LogP contribution in [0.2, 0.25) is 0 Å². The highest BCUT2D eigenvalue weighted by atomic mass is 16.5. The fourth-order valence-corrected chi connectivity index (χ4v) is 3.88. The number of nitrogens with one attached hydrogen (secondary N) is 1. The Kier molecular flexibility index (Phi) is 3.01. The van der Waals surface area contributed by atoms with E-state index in [4.69, 9.17) is 4.52 Å². The molecular formula is C18H18N4O3. The van der Waals surface area contributed by atoms with Gasteiger partial charge < -0.3 is 14.7 Å².